The molecular formula is C15H20N4O5. The minimum absolute atomic E-state index is 0.00372. The molecule has 1 saturated heterocycles. The molecule has 1 aliphatic heterocycles. The molecule has 130 valence electrons. The third-order valence-corrected chi connectivity index (χ3v) is 3.75. The van der Waals surface area contributed by atoms with Crippen LogP contribution in [0.1, 0.15) is 12.8 Å². The lowest BCUT2D eigenvalue weighted by Gasteiger charge is -2.31. The van der Waals surface area contributed by atoms with Gasteiger partial charge in [0.25, 0.3) is 5.91 Å². The molecule has 1 heterocycles. The average Bonchev–Trinajstić information content (AvgIpc) is 2.54. The molecule has 3 N–H and O–H groups in total. The maximum absolute atomic E-state index is 11.9. The summed E-state index contributed by atoms with van der Waals surface area (Å²) in [7, 11) is 0. The Balaban J connectivity index is 1.77. The van der Waals surface area contributed by atoms with Crippen LogP contribution in [0.15, 0.2) is 24.3 Å². The summed E-state index contributed by atoms with van der Waals surface area (Å²) in [5.41, 5.74) is 4.98. The van der Waals surface area contributed by atoms with Crippen molar-refractivity contribution in [2.75, 3.05) is 26.2 Å². The van der Waals surface area contributed by atoms with Crippen LogP contribution in [0.5, 0.6) is 5.75 Å². The maximum Gasteiger partial charge on any atom is 0.310 e. The lowest BCUT2D eigenvalue weighted by atomic mass is 10.1. The molecule has 2 amide bonds. The van der Waals surface area contributed by atoms with Crippen molar-refractivity contribution in [2.45, 2.75) is 18.9 Å². The number of benzene rings is 1. The molecule has 0 spiro atoms. The molecule has 1 aromatic carbocycles. The Hall–Kier alpha value is -2.68. The van der Waals surface area contributed by atoms with Crippen molar-refractivity contribution in [3.05, 3.63) is 34.4 Å². The van der Waals surface area contributed by atoms with Crippen LogP contribution in [0.3, 0.4) is 0 Å². The van der Waals surface area contributed by atoms with Crippen molar-refractivity contribution in [1.82, 2.24) is 10.2 Å². The maximum atomic E-state index is 11.9. The van der Waals surface area contributed by atoms with E-state index in [0.717, 1.165) is 0 Å². The van der Waals surface area contributed by atoms with Crippen LogP contribution >= 0.6 is 0 Å². The van der Waals surface area contributed by atoms with Crippen LogP contribution in [-0.2, 0) is 9.59 Å². The van der Waals surface area contributed by atoms with Gasteiger partial charge in [0, 0.05) is 25.2 Å². The van der Waals surface area contributed by atoms with E-state index < -0.39 is 4.92 Å². The molecule has 2 rings (SSSR count). The molecule has 1 fully saturated rings. The number of nitrogens with zero attached hydrogens (tertiary/aromatic N) is 2. The van der Waals surface area contributed by atoms with Gasteiger partial charge in [-0.1, -0.05) is 12.1 Å². The van der Waals surface area contributed by atoms with Crippen molar-refractivity contribution in [2.24, 2.45) is 5.73 Å². The van der Waals surface area contributed by atoms with E-state index in [-0.39, 0.29) is 42.4 Å². The number of amides is 2. The molecule has 0 saturated carbocycles. The first-order chi connectivity index (χ1) is 11.5. The summed E-state index contributed by atoms with van der Waals surface area (Å²) < 4.78 is 5.25. The van der Waals surface area contributed by atoms with Gasteiger partial charge in [-0.05, 0) is 18.9 Å². The second-order valence-corrected chi connectivity index (χ2v) is 5.60. The number of hydrogen-bond donors (Lipinski definition) is 2. The number of primary amides is 1. The number of carbonyl (C=O) groups is 2. The Morgan fingerprint density at radius 2 is 2.00 bits per heavy atom. The minimum Gasteiger partial charge on any atom is -0.477 e. The normalized spacial score (nSPS) is 15.7. The fraction of sp³-hybridized carbons (Fsp3) is 0.467. The van der Waals surface area contributed by atoms with Crippen molar-refractivity contribution in [3.8, 4) is 5.75 Å². The van der Waals surface area contributed by atoms with E-state index >= 15 is 0 Å². The topological polar surface area (TPSA) is 128 Å². The largest absolute Gasteiger partial charge is 0.477 e. The van der Waals surface area contributed by atoms with Crippen LogP contribution in [0.2, 0.25) is 0 Å². The van der Waals surface area contributed by atoms with E-state index in [9.17, 15) is 19.7 Å². The predicted octanol–water partition coefficient (Wildman–Crippen LogP) is 0.0395. The van der Waals surface area contributed by atoms with Crippen LogP contribution in [0.4, 0.5) is 5.69 Å². The number of piperidine rings is 1. The zero-order valence-corrected chi connectivity index (χ0v) is 13.1. The molecular weight excluding hydrogens is 316 g/mol. The zero-order chi connectivity index (χ0) is 17.5. The summed E-state index contributed by atoms with van der Waals surface area (Å²) in [4.78, 5) is 35.1. The number of likely N-dealkylation sites (tertiary alicyclic amines) is 1. The summed E-state index contributed by atoms with van der Waals surface area (Å²) in [6, 6.07) is 5.91. The van der Waals surface area contributed by atoms with Crippen LogP contribution in [0, 0.1) is 10.1 Å². The lowest BCUT2D eigenvalue weighted by molar-refractivity contribution is -0.385. The SMILES string of the molecule is NC(=O)CN1CCC(NC(=O)COc2ccccc2[N+](=O)[O-])CC1. The quantitative estimate of drug-likeness (QED) is 0.534. The number of nitrogens with one attached hydrogen (secondary N) is 1. The second-order valence-electron chi connectivity index (χ2n) is 5.60. The van der Waals surface area contributed by atoms with Gasteiger partial charge in [-0.25, -0.2) is 0 Å². The van der Waals surface area contributed by atoms with Gasteiger partial charge < -0.3 is 15.8 Å². The minimum atomic E-state index is -0.554. The number of hydrogen-bond acceptors (Lipinski definition) is 6. The molecule has 0 radical (unpaired) electrons. The predicted molar refractivity (Wildman–Crippen MR) is 85.4 cm³/mol. The van der Waals surface area contributed by atoms with E-state index in [1.807, 2.05) is 4.90 Å². The molecule has 0 aromatic heterocycles. The molecule has 0 bridgehead atoms. The molecule has 0 aliphatic carbocycles. The number of rotatable bonds is 7. The van der Waals surface area contributed by atoms with Gasteiger partial charge in [0.1, 0.15) is 0 Å². The van der Waals surface area contributed by atoms with Gasteiger partial charge in [0.05, 0.1) is 11.5 Å². The highest BCUT2D eigenvalue weighted by molar-refractivity contribution is 5.78. The first-order valence-electron chi connectivity index (χ1n) is 7.62. The molecule has 1 aliphatic rings. The lowest BCUT2D eigenvalue weighted by Crippen LogP contribution is -2.47. The van der Waals surface area contributed by atoms with Crippen molar-refractivity contribution < 1.29 is 19.2 Å². The van der Waals surface area contributed by atoms with Crippen LogP contribution < -0.4 is 15.8 Å². The number of nitro benzene ring substituents is 1. The van der Waals surface area contributed by atoms with Gasteiger partial charge in [0.2, 0.25) is 5.91 Å². The highest BCUT2D eigenvalue weighted by Gasteiger charge is 2.22. The average molecular weight is 336 g/mol. The second kappa shape index (κ2) is 8.25. The summed E-state index contributed by atoms with van der Waals surface area (Å²) in [6.45, 7) is 1.30. The van der Waals surface area contributed by atoms with Crippen LogP contribution in [-0.4, -0.2) is 53.9 Å². The number of ether oxygens (including phenoxy) is 1. The van der Waals surface area contributed by atoms with E-state index in [1.54, 1.807) is 6.07 Å². The molecule has 9 nitrogen and oxygen atoms in total. The Morgan fingerprint density at radius 1 is 1.33 bits per heavy atom. The number of nitro groups is 1. The highest BCUT2D eigenvalue weighted by Crippen LogP contribution is 2.25. The number of para-hydroxylation sites is 2. The van der Waals surface area contributed by atoms with Gasteiger partial charge >= 0.3 is 5.69 Å². The Morgan fingerprint density at radius 3 is 2.62 bits per heavy atom. The van der Waals surface area contributed by atoms with E-state index in [1.165, 1.54) is 18.2 Å². The van der Waals surface area contributed by atoms with Crippen molar-refractivity contribution in [1.29, 1.82) is 0 Å². The number of carbonyl (C=O) groups excluding carboxylic acids is 2. The Labute approximate surface area is 138 Å². The molecule has 0 unspecified atom stereocenters. The molecule has 0 atom stereocenters. The van der Waals surface area contributed by atoms with Crippen molar-refractivity contribution in [3.63, 3.8) is 0 Å². The van der Waals surface area contributed by atoms with E-state index in [2.05, 4.69) is 5.32 Å². The molecule has 24 heavy (non-hydrogen) atoms. The number of nitrogens with two attached hydrogens (primary N) is 1. The van der Waals surface area contributed by atoms with E-state index in [4.69, 9.17) is 10.5 Å². The fourth-order valence-electron chi connectivity index (χ4n) is 2.60. The highest BCUT2D eigenvalue weighted by atomic mass is 16.6. The Bertz CT molecular complexity index is 614. The van der Waals surface area contributed by atoms with Gasteiger partial charge in [-0.15, -0.1) is 0 Å². The smallest absolute Gasteiger partial charge is 0.310 e. The van der Waals surface area contributed by atoms with Gasteiger partial charge in [0.15, 0.2) is 12.4 Å². The Kier molecular flexibility index (Phi) is 6.07. The third kappa shape index (κ3) is 5.20. The molecule has 1 aromatic rings. The summed E-state index contributed by atoms with van der Waals surface area (Å²) in [5, 5.41) is 13.7. The third-order valence-electron chi connectivity index (χ3n) is 3.75. The van der Waals surface area contributed by atoms with Crippen LogP contribution in [0.25, 0.3) is 0 Å². The van der Waals surface area contributed by atoms with Gasteiger partial charge in [-0.2, -0.15) is 0 Å². The molecule has 9 heteroatoms. The monoisotopic (exact) mass is 336 g/mol. The first-order valence-corrected chi connectivity index (χ1v) is 7.62. The summed E-state index contributed by atoms with van der Waals surface area (Å²) in [5.74, 6) is -0.634. The summed E-state index contributed by atoms with van der Waals surface area (Å²) >= 11 is 0. The van der Waals surface area contributed by atoms with Gasteiger partial charge in [-0.3, -0.25) is 24.6 Å². The van der Waals surface area contributed by atoms with E-state index in [0.29, 0.717) is 25.9 Å². The zero-order valence-electron chi connectivity index (χ0n) is 13.1. The van der Waals surface area contributed by atoms with Crippen molar-refractivity contribution >= 4 is 17.5 Å². The fourth-order valence-corrected chi connectivity index (χ4v) is 2.60. The first kappa shape index (κ1) is 17.7. The summed E-state index contributed by atoms with van der Waals surface area (Å²) in [6.07, 6.45) is 1.43. The standard InChI is InChI=1S/C15H20N4O5/c16-14(20)9-18-7-5-11(6-8-18)17-15(21)10-24-13-4-2-1-3-12(13)19(22)23/h1-4,11H,5-10H2,(H2,16,20)(H,17,21).